The van der Waals surface area contributed by atoms with Crippen LogP contribution in [0.5, 0.6) is 5.75 Å². The average molecular weight is 471 g/mol. The molecule has 2 aliphatic carbocycles. The molecule has 0 spiro atoms. The number of nitrogens with zero attached hydrogens (tertiary/aromatic N) is 3. The van der Waals surface area contributed by atoms with Crippen molar-refractivity contribution in [2.24, 2.45) is 5.92 Å². The van der Waals surface area contributed by atoms with Gasteiger partial charge in [0.2, 0.25) is 0 Å². The highest BCUT2D eigenvalue weighted by Gasteiger charge is 2.29. The molecule has 0 saturated heterocycles. The van der Waals surface area contributed by atoms with E-state index in [4.69, 9.17) is 14.5 Å². The number of aryl methyl sites for hydroxylation is 2. The van der Waals surface area contributed by atoms with Crippen molar-refractivity contribution >= 4 is 12.1 Å². The zero-order valence-electron chi connectivity index (χ0n) is 20.2. The first-order chi connectivity index (χ1) is 16.3. The molecule has 2 N–H and O–H groups in total. The smallest absolute Gasteiger partial charge is 0.410 e. The fourth-order valence-electron chi connectivity index (χ4n) is 4.99. The molecule has 9 nitrogen and oxygen atoms in total. The molecule has 0 radical (unpaired) electrons. The first kappa shape index (κ1) is 24.0. The van der Waals surface area contributed by atoms with Gasteiger partial charge in [0.25, 0.3) is 0 Å². The molecule has 0 aromatic carbocycles. The van der Waals surface area contributed by atoms with Crippen molar-refractivity contribution in [1.29, 1.82) is 0 Å². The zero-order chi connectivity index (χ0) is 24.2. The molecule has 184 valence electrons. The van der Waals surface area contributed by atoms with Crippen LogP contribution in [0.25, 0.3) is 11.4 Å². The summed E-state index contributed by atoms with van der Waals surface area (Å²) in [7, 11) is 1.80. The Bertz CT molecular complexity index is 1030. The average Bonchev–Trinajstić information content (AvgIpc) is 3.48. The number of aliphatic carboxylic acids is 1. The van der Waals surface area contributed by atoms with E-state index in [2.05, 4.69) is 10.2 Å². The lowest BCUT2D eigenvalue weighted by atomic mass is 9.87. The first-order valence-corrected chi connectivity index (χ1v) is 12.1. The Labute approximate surface area is 199 Å². The second-order valence-electron chi connectivity index (χ2n) is 9.49. The van der Waals surface area contributed by atoms with E-state index in [1.54, 1.807) is 11.9 Å². The van der Waals surface area contributed by atoms with Crippen LogP contribution in [-0.2, 0) is 16.1 Å². The van der Waals surface area contributed by atoms with Crippen molar-refractivity contribution in [2.75, 3.05) is 7.05 Å². The van der Waals surface area contributed by atoms with E-state index >= 15 is 0 Å². The number of carboxylic acids is 1. The number of H-pyrrole nitrogens is 1. The summed E-state index contributed by atoms with van der Waals surface area (Å²) >= 11 is 0. The van der Waals surface area contributed by atoms with E-state index < -0.39 is 5.97 Å². The molecule has 2 saturated carbocycles. The fraction of sp³-hybridized carbons (Fsp3) is 0.600. The number of aromatic amines is 1. The van der Waals surface area contributed by atoms with Gasteiger partial charge in [0.1, 0.15) is 12.4 Å². The lowest BCUT2D eigenvalue weighted by Crippen LogP contribution is -2.35. The molecule has 0 bridgehead atoms. The van der Waals surface area contributed by atoms with E-state index in [0.29, 0.717) is 35.7 Å². The van der Waals surface area contributed by atoms with Gasteiger partial charge in [0.15, 0.2) is 0 Å². The van der Waals surface area contributed by atoms with Crippen LogP contribution in [0.15, 0.2) is 12.1 Å². The third-order valence-electron chi connectivity index (χ3n) is 7.14. The fourth-order valence-corrected chi connectivity index (χ4v) is 4.99. The predicted octanol–water partition coefficient (Wildman–Crippen LogP) is 4.62. The molecule has 2 aromatic rings. The summed E-state index contributed by atoms with van der Waals surface area (Å²) in [6.07, 6.45) is 6.81. The number of amides is 1. The maximum Gasteiger partial charge on any atom is 0.410 e. The molecule has 2 aromatic heterocycles. The van der Waals surface area contributed by atoms with E-state index in [9.17, 15) is 14.7 Å². The molecule has 9 heteroatoms. The minimum atomic E-state index is -0.754. The largest absolute Gasteiger partial charge is 0.489 e. The number of carbonyl (C=O) groups excluding carboxylic acids is 1. The minimum Gasteiger partial charge on any atom is -0.489 e. The SMILES string of the molecule is Cc1nc(-c2[nH]nc(C)c2COC(=O)N(C)C2CCCC2)ccc1O[C@H]1CCC[C@H](C(=O)O)C1. The van der Waals surface area contributed by atoms with Crippen molar-refractivity contribution < 1.29 is 24.2 Å². The summed E-state index contributed by atoms with van der Waals surface area (Å²) in [5, 5.41) is 16.6. The molecule has 0 unspecified atom stereocenters. The summed E-state index contributed by atoms with van der Waals surface area (Å²) in [6.45, 7) is 3.86. The van der Waals surface area contributed by atoms with E-state index in [1.807, 2.05) is 26.0 Å². The maximum atomic E-state index is 12.5. The van der Waals surface area contributed by atoms with Crippen molar-refractivity contribution in [1.82, 2.24) is 20.1 Å². The number of hydrogen-bond donors (Lipinski definition) is 2. The second-order valence-corrected chi connectivity index (χ2v) is 9.49. The van der Waals surface area contributed by atoms with Crippen LogP contribution in [0.2, 0.25) is 0 Å². The molecular weight excluding hydrogens is 436 g/mol. The van der Waals surface area contributed by atoms with Gasteiger partial charge >= 0.3 is 12.1 Å². The normalized spacial score (nSPS) is 20.8. The van der Waals surface area contributed by atoms with Crippen LogP contribution < -0.4 is 4.74 Å². The monoisotopic (exact) mass is 470 g/mol. The van der Waals surface area contributed by atoms with E-state index in [1.165, 1.54) is 0 Å². The van der Waals surface area contributed by atoms with Crippen LogP contribution in [0.1, 0.15) is 68.3 Å². The number of rotatable bonds is 7. The molecule has 34 heavy (non-hydrogen) atoms. The molecule has 0 aliphatic heterocycles. The number of aromatic nitrogens is 3. The van der Waals surface area contributed by atoms with Crippen molar-refractivity contribution in [2.45, 2.75) is 84.0 Å². The Kier molecular flexibility index (Phi) is 7.38. The molecule has 4 rings (SSSR count). The highest BCUT2D eigenvalue weighted by molar-refractivity contribution is 5.70. The van der Waals surface area contributed by atoms with Gasteiger partial charge in [-0.05, 0) is 64.5 Å². The Morgan fingerprint density at radius 3 is 2.59 bits per heavy atom. The van der Waals surface area contributed by atoms with Gasteiger partial charge in [0, 0.05) is 18.7 Å². The topological polar surface area (TPSA) is 118 Å². The minimum absolute atomic E-state index is 0.116. The summed E-state index contributed by atoms with van der Waals surface area (Å²) in [4.78, 5) is 30.3. The van der Waals surface area contributed by atoms with Crippen LogP contribution in [0, 0.1) is 19.8 Å². The second kappa shape index (κ2) is 10.4. The van der Waals surface area contributed by atoms with Crippen LogP contribution in [0.3, 0.4) is 0 Å². The van der Waals surface area contributed by atoms with Crippen molar-refractivity contribution in [3.05, 3.63) is 29.1 Å². The number of nitrogens with one attached hydrogen (secondary N) is 1. The molecule has 2 atom stereocenters. The maximum absolute atomic E-state index is 12.5. The Hall–Kier alpha value is -3.10. The highest BCUT2D eigenvalue weighted by atomic mass is 16.6. The van der Waals surface area contributed by atoms with Gasteiger partial charge in [-0.3, -0.25) is 9.89 Å². The lowest BCUT2D eigenvalue weighted by molar-refractivity contribution is -0.143. The van der Waals surface area contributed by atoms with E-state index in [-0.39, 0.29) is 30.8 Å². The molecular formula is C25H34N4O5. The van der Waals surface area contributed by atoms with Gasteiger partial charge in [-0.15, -0.1) is 0 Å². The summed E-state index contributed by atoms with van der Waals surface area (Å²) in [5.74, 6) is -0.449. The first-order valence-electron chi connectivity index (χ1n) is 12.1. The van der Waals surface area contributed by atoms with Crippen LogP contribution in [-0.4, -0.2) is 56.4 Å². The van der Waals surface area contributed by atoms with Gasteiger partial charge < -0.3 is 19.5 Å². The number of carboxylic acid groups (broad SMARTS) is 1. The predicted molar refractivity (Wildman–Crippen MR) is 126 cm³/mol. The number of carbonyl (C=O) groups is 2. The quantitative estimate of drug-likeness (QED) is 0.606. The van der Waals surface area contributed by atoms with Crippen molar-refractivity contribution in [3.8, 4) is 17.1 Å². The van der Waals surface area contributed by atoms with Crippen molar-refractivity contribution in [3.63, 3.8) is 0 Å². The Morgan fingerprint density at radius 2 is 1.88 bits per heavy atom. The molecule has 2 fully saturated rings. The number of hydrogen-bond acceptors (Lipinski definition) is 6. The molecule has 2 aliphatic rings. The van der Waals surface area contributed by atoms with Gasteiger partial charge in [-0.25, -0.2) is 9.78 Å². The third-order valence-corrected chi connectivity index (χ3v) is 7.14. The number of ether oxygens (including phenoxy) is 2. The third kappa shape index (κ3) is 5.34. The van der Waals surface area contributed by atoms with Gasteiger partial charge in [-0.1, -0.05) is 12.8 Å². The summed E-state index contributed by atoms with van der Waals surface area (Å²) in [5.41, 5.74) is 3.67. The standard InChI is InChI=1S/C25H34N4O5/c1-15-20(14-33-25(32)29(3)18-8-4-5-9-18)23(28-27-15)21-11-12-22(16(2)26-21)34-19-10-6-7-17(13-19)24(30)31/h11-12,17-19H,4-10,13-14H2,1-3H3,(H,27,28)(H,30,31)/t17-,19-/m0/s1. The van der Waals surface area contributed by atoms with Gasteiger partial charge in [0.05, 0.1) is 34.8 Å². The zero-order valence-corrected chi connectivity index (χ0v) is 20.2. The van der Waals surface area contributed by atoms with Crippen LogP contribution in [0.4, 0.5) is 4.79 Å². The van der Waals surface area contributed by atoms with Gasteiger partial charge in [-0.2, -0.15) is 5.10 Å². The summed E-state index contributed by atoms with van der Waals surface area (Å²) < 4.78 is 11.7. The highest BCUT2D eigenvalue weighted by Crippen LogP contribution is 2.31. The summed E-state index contributed by atoms with van der Waals surface area (Å²) in [6, 6.07) is 3.97. The Balaban J connectivity index is 1.43. The van der Waals surface area contributed by atoms with Crippen LogP contribution >= 0.6 is 0 Å². The molecule has 1 amide bonds. The number of pyridine rings is 1. The van der Waals surface area contributed by atoms with E-state index in [0.717, 1.165) is 49.8 Å². The Morgan fingerprint density at radius 1 is 1.12 bits per heavy atom. The molecule has 2 heterocycles. The lowest BCUT2D eigenvalue weighted by Gasteiger charge is -2.27.